The molecule has 2 aromatic heterocycles. The Kier molecular flexibility index (Phi) is 4.73. The molecular weight excluding hydrogens is 560 g/mol. The van der Waals surface area contributed by atoms with Crippen molar-refractivity contribution in [2.75, 3.05) is 6.61 Å². The molecule has 10 rings (SSSR count). The number of hydrogen-bond donors (Lipinski definition) is 1. The Balaban J connectivity index is 1.55. The number of rotatable bonds is 2. The quantitative estimate of drug-likeness (QED) is 0.299. The van der Waals surface area contributed by atoms with E-state index in [1.54, 1.807) is 0 Å². The van der Waals surface area contributed by atoms with Crippen LogP contribution in [0.1, 0.15) is 35.6 Å². The van der Waals surface area contributed by atoms with E-state index in [2.05, 4.69) is 40.3 Å². The molecule has 4 aliphatic rings. The van der Waals surface area contributed by atoms with E-state index in [1.807, 2.05) is 72.8 Å². The SMILES string of the molecule is CCC1(CO)n2c3c4ccccc4c2N=C2N=C(N=c4c5ccccc5c(n41)=NC1=NC(=N3)c3ccccc31)c1ccccc12. The first-order valence-corrected chi connectivity index (χ1v) is 15.1. The third-order valence-electron chi connectivity index (χ3n) is 9.41. The van der Waals surface area contributed by atoms with Gasteiger partial charge in [-0.1, -0.05) is 104 Å². The number of aliphatic hydroxyl groups excluding tert-OH is 1. The monoisotopic (exact) mass is 584 g/mol. The molecule has 4 aliphatic heterocycles. The van der Waals surface area contributed by atoms with Crippen molar-refractivity contribution in [2.45, 2.75) is 19.0 Å². The van der Waals surface area contributed by atoms with Crippen molar-refractivity contribution in [2.24, 2.45) is 30.0 Å². The second-order valence-electron chi connectivity index (χ2n) is 11.6. The van der Waals surface area contributed by atoms with Crippen molar-refractivity contribution in [3.05, 3.63) is 130 Å². The smallest absolute Gasteiger partial charge is 0.164 e. The van der Waals surface area contributed by atoms with Gasteiger partial charge >= 0.3 is 0 Å². The predicted octanol–water partition coefficient (Wildman–Crippen LogP) is 5.14. The highest BCUT2D eigenvalue weighted by Gasteiger charge is 2.42. The van der Waals surface area contributed by atoms with Crippen molar-refractivity contribution in [1.82, 2.24) is 9.13 Å². The molecule has 0 aliphatic carbocycles. The molecule has 0 spiro atoms. The van der Waals surface area contributed by atoms with Gasteiger partial charge in [0.15, 0.2) is 29.0 Å². The van der Waals surface area contributed by atoms with Crippen LogP contribution in [-0.4, -0.2) is 44.2 Å². The summed E-state index contributed by atoms with van der Waals surface area (Å²) in [6.45, 7) is 1.82. The molecule has 6 heterocycles. The number of aromatic nitrogens is 2. The molecule has 45 heavy (non-hydrogen) atoms. The zero-order chi connectivity index (χ0) is 29.9. The highest BCUT2D eigenvalue weighted by Crippen LogP contribution is 2.45. The van der Waals surface area contributed by atoms with Crippen LogP contribution in [0.2, 0.25) is 0 Å². The van der Waals surface area contributed by atoms with E-state index < -0.39 is 5.66 Å². The maximum Gasteiger partial charge on any atom is 0.164 e. The minimum absolute atomic E-state index is 0.259. The lowest BCUT2D eigenvalue weighted by atomic mass is 10.1. The number of aliphatic imine (C=N–C) groups is 4. The van der Waals surface area contributed by atoms with Gasteiger partial charge in [0.05, 0.1) is 6.61 Å². The van der Waals surface area contributed by atoms with Crippen molar-refractivity contribution in [3.8, 4) is 0 Å². The van der Waals surface area contributed by atoms with E-state index in [0.29, 0.717) is 52.4 Å². The van der Waals surface area contributed by atoms with Crippen molar-refractivity contribution < 1.29 is 5.11 Å². The summed E-state index contributed by atoms with van der Waals surface area (Å²) in [6, 6.07) is 32.4. The fourth-order valence-corrected chi connectivity index (χ4v) is 7.26. The van der Waals surface area contributed by atoms with E-state index in [0.717, 1.165) is 43.8 Å². The second-order valence-corrected chi connectivity index (χ2v) is 11.6. The van der Waals surface area contributed by atoms with Gasteiger partial charge in [0, 0.05) is 43.8 Å². The Morgan fingerprint density at radius 1 is 0.489 bits per heavy atom. The largest absolute Gasteiger partial charge is 0.392 e. The summed E-state index contributed by atoms with van der Waals surface area (Å²) in [6.07, 6.45) is 0.491. The minimum Gasteiger partial charge on any atom is -0.392 e. The van der Waals surface area contributed by atoms with Gasteiger partial charge in [-0.25, -0.2) is 30.0 Å². The molecule has 9 heteroatoms. The maximum absolute atomic E-state index is 11.8. The van der Waals surface area contributed by atoms with Gasteiger partial charge in [0.1, 0.15) is 22.6 Å². The summed E-state index contributed by atoms with van der Waals surface area (Å²) >= 11 is 0. The van der Waals surface area contributed by atoms with Gasteiger partial charge in [-0.15, -0.1) is 0 Å². The summed E-state index contributed by atoms with van der Waals surface area (Å²) in [5, 5.41) is 15.4. The van der Waals surface area contributed by atoms with Crippen LogP contribution in [0.25, 0.3) is 21.5 Å². The number of aliphatic hydroxyl groups is 1. The molecule has 6 aromatic rings. The summed E-state index contributed by atoms with van der Waals surface area (Å²) in [5.41, 5.74) is 3.83. The van der Waals surface area contributed by atoms with Crippen LogP contribution < -0.4 is 11.0 Å². The molecule has 0 fully saturated rings. The number of fused-ring (bicyclic) bond motifs is 14. The van der Waals surface area contributed by atoms with Gasteiger partial charge in [-0.2, -0.15) is 0 Å². The van der Waals surface area contributed by atoms with E-state index in [9.17, 15) is 5.11 Å². The van der Waals surface area contributed by atoms with Crippen LogP contribution in [0.15, 0.2) is 127 Å². The first-order valence-electron chi connectivity index (χ1n) is 15.1. The zero-order valence-electron chi connectivity index (χ0n) is 24.2. The van der Waals surface area contributed by atoms with Gasteiger partial charge in [0.25, 0.3) is 0 Å². The number of amidine groups is 4. The predicted molar refractivity (Wildman–Crippen MR) is 175 cm³/mol. The van der Waals surface area contributed by atoms with E-state index >= 15 is 0 Å². The van der Waals surface area contributed by atoms with Crippen molar-refractivity contribution in [3.63, 3.8) is 0 Å². The number of nitrogens with zero attached hydrogens (tertiary/aromatic N) is 8. The molecule has 1 N–H and O–H groups in total. The Bertz CT molecular complexity index is 2410. The summed E-state index contributed by atoms with van der Waals surface area (Å²) in [7, 11) is 0. The lowest BCUT2D eigenvalue weighted by Gasteiger charge is -2.36. The maximum atomic E-state index is 11.8. The van der Waals surface area contributed by atoms with E-state index in [4.69, 9.17) is 30.0 Å². The fourth-order valence-electron chi connectivity index (χ4n) is 7.26. The topological polar surface area (TPSA) is 104 Å². The van der Waals surface area contributed by atoms with Gasteiger partial charge in [0.2, 0.25) is 0 Å². The molecule has 214 valence electrons. The first kappa shape index (κ1) is 24.6. The summed E-state index contributed by atoms with van der Waals surface area (Å²) < 4.78 is 4.16. The first-order chi connectivity index (χ1) is 22.2. The highest BCUT2D eigenvalue weighted by molar-refractivity contribution is 6.25. The van der Waals surface area contributed by atoms with Gasteiger partial charge < -0.3 is 5.11 Å². The molecule has 0 radical (unpaired) electrons. The summed E-state index contributed by atoms with van der Waals surface area (Å²) in [5.74, 6) is 3.60. The molecule has 4 aromatic carbocycles. The van der Waals surface area contributed by atoms with Crippen LogP contribution in [0.5, 0.6) is 0 Å². The third kappa shape index (κ3) is 3.05. The fraction of sp³-hybridized carbons (Fsp3) is 0.111. The van der Waals surface area contributed by atoms with Gasteiger partial charge in [-0.3, -0.25) is 9.13 Å². The Labute approximate surface area is 256 Å². The molecule has 1 unspecified atom stereocenters. The Morgan fingerprint density at radius 3 is 1.27 bits per heavy atom. The average molecular weight is 585 g/mol. The number of hydrogen-bond acceptors (Lipinski definition) is 7. The summed E-state index contributed by atoms with van der Waals surface area (Å²) in [4.78, 5) is 31.3. The molecule has 0 amide bonds. The lowest BCUT2D eigenvalue weighted by molar-refractivity contribution is 0.0947. The molecule has 0 saturated carbocycles. The normalized spacial score (nSPS) is 18.7. The van der Waals surface area contributed by atoms with Crippen LogP contribution >= 0.6 is 0 Å². The van der Waals surface area contributed by atoms with Crippen LogP contribution in [-0.2, 0) is 5.66 Å². The van der Waals surface area contributed by atoms with E-state index in [1.165, 1.54) is 0 Å². The highest BCUT2D eigenvalue weighted by atomic mass is 16.3. The lowest BCUT2D eigenvalue weighted by Crippen LogP contribution is -2.53. The van der Waals surface area contributed by atoms with E-state index in [-0.39, 0.29) is 6.61 Å². The standard InChI is InChI=1S/C36H24N8O/c1-2-36(19-45)43-32-24-15-7-8-16-25(24)34(43)41-30-22-13-5-6-14-23(22)31(38-30)42-35-27-18-10-9-17-26(27)33(44(35)36)40-29-21-12-4-3-11-20(21)28(37-29)39-32/h3-18,45H,2,19H2,1H3. The van der Waals surface area contributed by atoms with Crippen LogP contribution in [0.4, 0.5) is 11.6 Å². The second kappa shape index (κ2) is 8.64. The zero-order valence-corrected chi connectivity index (χ0v) is 24.2. The van der Waals surface area contributed by atoms with Crippen molar-refractivity contribution >= 4 is 56.5 Å². The molecular formula is C36H24N8O. The van der Waals surface area contributed by atoms with Crippen LogP contribution in [0, 0.1) is 0 Å². The molecule has 6 bridgehead atoms. The number of benzene rings is 4. The average Bonchev–Trinajstić information content (AvgIpc) is 3.80. The molecule has 1 atom stereocenters. The molecule has 0 saturated heterocycles. The van der Waals surface area contributed by atoms with Crippen molar-refractivity contribution in [1.29, 1.82) is 0 Å². The third-order valence-corrected chi connectivity index (χ3v) is 9.41. The Morgan fingerprint density at radius 2 is 0.867 bits per heavy atom. The van der Waals surface area contributed by atoms with Crippen LogP contribution in [0.3, 0.4) is 0 Å². The minimum atomic E-state index is -1.11. The molecule has 9 nitrogen and oxygen atoms in total. The van der Waals surface area contributed by atoms with Gasteiger partial charge in [-0.05, 0) is 6.42 Å². The Hall–Kier alpha value is -5.80.